The number of ether oxygens (including phenoxy) is 1. The molecule has 1 atom stereocenters. The minimum absolute atomic E-state index is 0.105. The number of carbonyl (C=O) groups excluding carboxylic acids is 1. The third kappa shape index (κ3) is 5.61. The zero-order valence-corrected chi connectivity index (χ0v) is 15.9. The molecule has 1 unspecified atom stereocenters. The topological polar surface area (TPSA) is 79.0 Å². The van der Waals surface area contributed by atoms with Gasteiger partial charge in [-0.25, -0.2) is 8.42 Å². The molecule has 2 rings (SSSR count). The van der Waals surface area contributed by atoms with Crippen molar-refractivity contribution in [3.05, 3.63) is 24.3 Å². The highest BCUT2D eigenvalue weighted by Crippen LogP contribution is 2.19. The summed E-state index contributed by atoms with van der Waals surface area (Å²) in [7, 11) is -2.10. The van der Waals surface area contributed by atoms with Crippen molar-refractivity contribution in [2.75, 3.05) is 50.3 Å². The molecule has 1 aliphatic rings. The molecule has 1 fully saturated rings. The normalized spacial score (nSPS) is 17.2. The Balaban J connectivity index is 1.93. The molecule has 0 aromatic heterocycles. The van der Waals surface area contributed by atoms with Gasteiger partial charge in [0.25, 0.3) is 0 Å². The Bertz CT molecular complexity index is 685. The summed E-state index contributed by atoms with van der Waals surface area (Å²) >= 11 is 0. The Hall–Kier alpha value is -1.80. The number of likely N-dealkylation sites (N-methyl/N-ethyl adjacent to an activating group) is 1. The number of methoxy groups -OCH3 is 1. The molecule has 1 amide bonds. The van der Waals surface area contributed by atoms with Gasteiger partial charge in [0.05, 0.1) is 24.5 Å². The summed E-state index contributed by atoms with van der Waals surface area (Å²) in [6.45, 7) is 7.71. The summed E-state index contributed by atoms with van der Waals surface area (Å²) < 4.78 is 32.3. The fourth-order valence-corrected chi connectivity index (χ4v) is 4.27. The van der Waals surface area contributed by atoms with Crippen molar-refractivity contribution in [2.24, 2.45) is 5.92 Å². The van der Waals surface area contributed by atoms with Crippen LogP contribution < -0.4 is 9.46 Å². The van der Waals surface area contributed by atoms with Crippen LogP contribution in [0.25, 0.3) is 0 Å². The van der Waals surface area contributed by atoms with E-state index in [0.29, 0.717) is 24.5 Å². The Morgan fingerprint density at radius 2 is 1.96 bits per heavy atom. The zero-order valence-electron chi connectivity index (χ0n) is 15.1. The van der Waals surface area contributed by atoms with E-state index in [4.69, 9.17) is 4.74 Å². The van der Waals surface area contributed by atoms with Gasteiger partial charge in [0, 0.05) is 32.2 Å². The average Bonchev–Trinajstić information content (AvgIpc) is 2.60. The third-order valence-electron chi connectivity index (χ3n) is 4.37. The van der Waals surface area contributed by atoms with Gasteiger partial charge in [-0.15, -0.1) is 0 Å². The number of anilines is 1. The third-order valence-corrected chi connectivity index (χ3v) is 5.85. The van der Waals surface area contributed by atoms with Gasteiger partial charge in [0.15, 0.2) is 0 Å². The lowest BCUT2D eigenvalue weighted by Gasteiger charge is -2.35. The van der Waals surface area contributed by atoms with E-state index in [-0.39, 0.29) is 11.7 Å². The summed E-state index contributed by atoms with van der Waals surface area (Å²) in [6.07, 6.45) is 0. The van der Waals surface area contributed by atoms with E-state index in [1.807, 2.05) is 0 Å². The molecule has 8 heteroatoms. The van der Waals surface area contributed by atoms with Crippen LogP contribution in [0.15, 0.2) is 24.3 Å². The van der Waals surface area contributed by atoms with Crippen molar-refractivity contribution in [3.8, 4) is 5.75 Å². The van der Waals surface area contributed by atoms with Gasteiger partial charge >= 0.3 is 0 Å². The summed E-state index contributed by atoms with van der Waals surface area (Å²) in [6, 6.07) is 6.70. The molecule has 1 heterocycles. The van der Waals surface area contributed by atoms with E-state index < -0.39 is 15.9 Å². The van der Waals surface area contributed by atoms with Crippen LogP contribution in [0.2, 0.25) is 0 Å². The summed E-state index contributed by atoms with van der Waals surface area (Å²) in [5, 5.41) is 0. The van der Waals surface area contributed by atoms with E-state index in [2.05, 4.69) is 16.5 Å². The lowest BCUT2D eigenvalue weighted by atomic mass is 10.1. The number of nitrogens with zero attached hydrogens (tertiary/aromatic N) is 2. The minimum Gasteiger partial charge on any atom is -0.497 e. The number of piperazine rings is 1. The van der Waals surface area contributed by atoms with Gasteiger partial charge in [-0.1, -0.05) is 19.9 Å². The predicted molar refractivity (Wildman–Crippen MR) is 98.3 cm³/mol. The zero-order chi connectivity index (χ0) is 18.4. The second-order valence-electron chi connectivity index (χ2n) is 6.28. The molecule has 0 aliphatic carbocycles. The highest BCUT2D eigenvalue weighted by Gasteiger charge is 2.28. The van der Waals surface area contributed by atoms with Crippen LogP contribution in [0.3, 0.4) is 0 Å². The van der Waals surface area contributed by atoms with E-state index in [0.717, 1.165) is 19.6 Å². The van der Waals surface area contributed by atoms with E-state index in [9.17, 15) is 13.2 Å². The molecule has 0 bridgehead atoms. The lowest BCUT2D eigenvalue weighted by molar-refractivity contribution is -0.136. The van der Waals surface area contributed by atoms with Crippen LogP contribution in [0.5, 0.6) is 5.75 Å². The maximum absolute atomic E-state index is 12.5. The number of benzene rings is 1. The van der Waals surface area contributed by atoms with Crippen LogP contribution in [-0.4, -0.2) is 69.7 Å². The van der Waals surface area contributed by atoms with Gasteiger partial charge in [0.2, 0.25) is 15.9 Å². The standard InChI is InChI=1S/C17H27N3O4S/c1-4-19-8-10-20(11-9-19)17(21)14(2)13-25(22,23)18-15-6-5-7-16(12-15)24-3/h5-7,12,14,18H,4,8-11,13H2,1-3H3. The van der Waals surface area contributed by atoms with E-state index in [1.165, 1.54) is 7.11 Å². The van der Waals surface area contributed by atoms with Crippen molar-refractivity contribution >= 4 is 21.6 Å². The first kappa shape index (κ1) is 19.5. The molecule has 1 saturated heterocycles. The van der Waals surface area contributed by atoms with Gasteiger partial charge in [-0.2, -0.15) is 0 Å². The monoisotopic (exact) mass is 369 g/mol. The summed E-state index contributed by atoms with van der Waals surface area (Å²) in [5.74, 6) is -0.363. The average molecular weight is 369 g/mol. The van der Waals surface area contributed by atoms with Crippen LogP contribution in [-0.2, 0) is 14.8 Å². The molecule has 25 heavy (non-hydrogen) atoms. The lowest BCUT2D eigenvalue weighted by Crippen LogP contribution is -2.50. The summed E-state index contributed by atoms with van der Waals surface area (Å²) in [4.78, 5) is 16.6. The molecule has 1 aromatic rings. The van der Waals surface area contributed by atoms with Crippen molar-refractivity contribution in [3.63, 3.8) is 0 Å². The molecule has 0 saturated carbocycles. The second kappa shape index (κ2) is 8.53. The Labute approximate surface area is 150 Å². The number of hydrogen-bond donors (Lipinski definition) is 1. The Kier molecular flexibility index (Phi) is 6.66. The smallest absolute Gasteiger partial charge is 0.233 e. The predicted octanol–water partition coefficient (Wildman–Crippen LogP) is 1.24. The van der Waals surface area contributed by atoms with E-state index >= 15 is 0 Å². The van der Waals surface area contributed by atoms with Crippen LogP contribution in [0, 0.1) is 5.92 Å². The van der Waals surface area contributed by atoms with Crippen LogP contribution in [0.1, 0.15) is 13.8 Å². The van der Waals surface area contributed by atoms with Crippen molar-refractivity contribution in [1.29, 1.82) is 0 Å². The quantitative estimate of drug-likeness (QED) is 0.782. The molecule has 1 N–H and O–H groups in total. The maximum Gasteiger partial charge on any atom is 0.233 e. The molecule has 1 aromatic carbocycles. The molecular formula is C17H27N3O4S. The molecule has 0 spiro atoms. The number of sulfonamides is 1. The van der Waals surface area contributed by atoms with Crippen LogP contribution >= 0.6 is 0 Å². The van der Waals surface area contributed by atoms with Gasteiger partial charge in [0.1, 0.15) is 5.75 Å². The first-order valence-electron chi connectivity index (χ1n) is 8.50. The highest BCUT2D eigenvalue weighted by molar-refractivity contribution is 7.92. The summed E-state index contributed by atoms with van der Waals surface area (Å²) in [5.41, 5.74) is 0.426. The molecule has 1 aliphatic heterocycles. The highest BCUT2D eigenvalue weighted by atomic mass is 32.2. The van der Waals surface area contributed by atoms with E-state index in [1.54, 1.807) is 36.1 Å². The Morgan fingerprint density at radius 1 is 1.28 bits per heavy atom. The molecule has 140 valence electrons. The fourth-order valence-electron chi connectivity index (χ4n) is 2.90. The van der Waals surface area contributed by atoms with Gasteiger partial charge < -0.3 is 14.5 Å². The van der Waals surface area contributed by atoms with Gasteiger partial charge in [-0.3, -0.25) is 9.52 Å². The maximum atomic E-state index is 12.5. The first-order valence-corrected chi connectivity index (χ1v) is 10.2. The van der Waals surface area contributed by atoms with Crippen molar-refractivity contribution in [2.45, 2.75) is 13.8 Å². The molecular weight excluding hydrogens is 342 g/mol. The minimum atomic E-state index is -3.62. The largest absolute Gasteiger partial charge is 0.497 e. The van der Waals surface area contributed by atoms with Crippen molar-refractivity contribution < 1.29 is 17.9 Å². The number of hydrogen-bond acceptors (Lipinski definition) is 5. The van der Waals surface area contributed by atoms with Crippen molar-refractivity contribution in [1.82, 2.24) is 9.80 Å². The Morgan fingerprint density at radius 3 is 2.56 bits per heavy atom. The molecule has 0 radical (unpaired) electrons. The SMILES string of the molecule is CCN1CCN(C(=O)C(C)CS(=O)(=O)Nc2cccc(OC)c2)CC1. The van der Waals surface area contributed by atoms with Crippen LogP contribution in [0.4, 0.5) is 5.69 Å². The fraction of sp³-hybridized carbons (Fsp3) is 0.588. The number of nitrogens with one attached hydrogen (secondary N) is 1. The second-order valence-corrected chi connectivity index (χ2v) is 8.04. The number of rotatable bonds is 7. The number of amides is 1. The number of carbonyl (C=O) groups is 1. The van der Waals surface area contributed by atoms with Gasteiger partial charge in [-0.05, 0) is 18.7 Å². The first-order chi connectivity index (χ1) is 11.8. The molecule has 7 nitrogen and oxygen atoms in total.